The normalized spacial score (nSPS) is 17.0. The van der Waals surface area contributed by atoms with Gasteiger partial charge in [0.1, 0.15) is 0 Å². The Bertz CT molecular complexity index is 314. The lowest BCUT2D eigenvalue weighted by Gasteiger charge is -2.24. The van der Waals surface area contributed by atoms with Crippen LogP contribution in [-0.4, -0.2) is 28.7 Å². The zero-order valence-electron chi connectivity index (χ0n) is 7.66. The number of ketones is 1. The van der Waals surface area contributed by atoms with Crippen molar-refractivity contribution >= 4 is 5.78 Å². The van der Waals surface area contributed by atoms with Gasteiger partial charge in [0.05, 0.1) is 11.8 Å². The number of carbonyl (C=O) groups excluding carboxylic acids is 1. The molecule has 0 amide bonds. The van der Waals surface area contributed by atoms with Crippen LogP contribution in [0.1, 0.15) is 17.3 Å². The number of carbonyl (C=O) groups is 1. The molecule has 1 aliphatic rings. The maximum Gasteiger partial charge on any atom is 0.171 e. The van der Waals surface area contributed by atoms with E-state index in [9.17, 15) is 4.79 Å². The maximum absolute atomic E-state index is 11.7. The van der Waals surface area contributed by atoms with Gasteiger partial charge in [0.15, 0.2) is 5.78 Å². The molecule has 4 heteroatoms. The van der Waals surface area contributed by atoms with Gasteiger partial charge in [0, 0.05) is 31.7 Å². The molecule has 0 aliphatic carbocycles. The minimum absolute atomic E-state index is 0.175. The Labute approximate surface area is 76.9 Å². The standard InChI is InChI=1S/C9H13N3O/c1-2-12-6-8(5-11-12)9(13)7-3-10-4-7/h5-7,10H,2-4H2,1H3. The second-order valence-corrected chi connectivity index (χ2v) is 3.30. The van der Waals surface area contributed by atoms with Gasteiger partial charge in [-0.2, -0.15) is 5.10 Å². The molecule has 4 nitrogen and oxygen atoms in total. The molecule has 1 aliphatic heterocycles. The van der Waals surface area contributed by atoms with Gasteiger partial charge in [0.25, 0.3) is 0 Å². The summed E-state index contributed by atoms with van der Waals surface area (Å²) in [4.78, 5) is 11.7. The van der Waals surface area contributed by atoms with Crippen molar-refractivity contribution in [3.63, 3.8) is 0 Å². The average Bonchev–Trinajstić information content (AvgIpc) is 2.48. The fraction of sp³-hybridized carbons (Fsp3) is 0.556. The predicted octanol–water partition coefficient (Wildman–Crippen LogP) is 0.305. The van der Waals surface area contributed by atoms with Crippen molar-refractivity contribution in [3.05, 3.63) is 18.0 Å². The first-order valence-electron chi connectivity index (χ1n) is 4.58. The molecule has 1 saturated heterocycles. The highest BCUT2D eigenvalue weighted by molar-refractivity contribution is 5.98. The van der Waals surface area contributed by atoms with Crippen LogP contribution in [0.4, 0.5) is 0 Å². The molecule has 70 valence electrons. The second-order valence-electron chi connectivity index (χ2n) is 3.30. The predicted molar refractivity (Wildman–Crippen MR) is 48.6 cm³/mol. The molecule has 0 aromatic carbocycles. The number of hydrogen-bond acceptors (Lipinski definition) is 3. The van der Waals surface area contributed by atoms with Crippen LogP contribution in [0.3, 0.4) is 0 Å². The van der Waals surface area contributed by atoms with Crippen LogP contribution >= 0.6 is 0 Å². The fourth-order valence-corrected chi connectivity index (χ4v) is 1.37. The van der Waals surface area contributed by atoms with Gasteiger partial charge in [0.2, 0.25) is 0 Å². The van der Waals surface area contributed by atoms with Crippen molar-refractivity contribution in [2.24, 2.45) is 5.92 Å². The van der Waals surface area contributed by atoms with E-state index < -0.39 is 0 Å². The summed E-state index contributed by atoms with van der Waals surface area (Å²) in [5.41, 5.74) is 0.744. The molecule has 1 aromatic heterocycles. The summed E-state index contributed by atoms with van der Waals surface area (Å²) in [6.07, 6.45) is 3.48. The topological polar surface area (TPSA) is 46.9 Å². The molecule has 1 N–H and O–H groups in total. The van der Waals surface area contributed by atoms with Crippen LogP contribution in [0.15, 0.2) is 12.4 Å². The highest BCUT2D eigenvalue weighted by Gasteiger charge is 2.26. The number of nitrogens with one attached hydrogen (secondary N) is 1. The highest BCUT2D eigenvalue weighted by Crippen LogP contribution is 2.11. The van der Waals surface area contributed by atoms with E-state index in [1.165, 1.54) is 0 Å². The monoisotopic (exact) mass is 179 g/mol. The number of Topliss-reactive ketones (excluding diaryl/α,β-unsaturated/α-hetero) is 1. The quantitative estimate of drug-likeness (QED) is 0.679. The highest BCUT2D eigenvalue weighted by atomic mass is 16.1. The van der Waals surface area contributed by atoms with Crippen molar-refractivity contribution in [1.29, 1.82) is 0 Å². The molecule has 0 unspecified atom stereocenters. The Balaban J connectivity index is 2.10. The third-order valence-corrected chi connectivity index (χ3v) is 2.39. The van der Waals surface area contributed by atoms with Crippen LogP contribution in [-0.2, 0) is 6.54 Å². The van der Waals surface area contributed by atoms with Gasteiger partial charge in [-0.25, -0.2) is 0 Å². The molecule has 0 saturated carbocycles. The summed E-state index contributed by atoms with van der Waals surface area (Å²) in [5.74, 6) is 0.396. The largest absolute Gasteiger partial charge is 0.315 e. The number of aromatic nitrogens is 2. The average molecular weight is 179 g/mol. The van der Waals surface area contributed by atoms with Crippen LogP contribution in [0, 0.1) is 5.92 Å². The first-order chi connectivity index (χ1) is 6.31. The van der Waals surface area contributed by atoms with Crippen molar-refractivity contribution in [2.75, 3.05) is 13.1 Å². The first-order valence-corrected chi connectivity index (χ1v) is 4.58. The Morgan fingerprint density at radius 3 is 3.00 bits per heavy atom. The van der Waals surface area contributed by atoms with Gasteiger partial charge in [-0.05, 0) is 6.92 Å². The summed E-state index contributed by atoms with van der Waals surface area (Å²) >= 11 is 0. The van der Waals surface area contributed by atoms with E-state index in [1.807, 2.05) is 13.1 Å². The Kier molecular flexibility index (Phi) is 2.14. The molecular formula is C9H13N3O. The molecule has 0 radical (unpaired) electrons. The van der Waals surface area contributed by atoms with Crippen LogP contribution < -0.4 is 5.32 Å². The van der Waals surface area contributed by atoms with Gasteiger partial charge in [-0.15, -0.1) is 0 Å². The van der Waals surface area contributed by atoms with E-state index in [1.54, 1.807) is 10.9 Å². The summed E-state index contributed by atoms with van der Waals surface area (Å²) in [7, 11) is 0. The van der Waals surface area contributed by atoms with E-state index >= 15 is 0 Å². The molecule has 0 bridgehead atoms. The van der Waals surface area contributed by atoms with Crippen molar-refractivity contribution in [2.45, 2.75) is 13.5 Å². The molecule has 13 heavy (non-hydrogen) atoms. The Morgan fingerprint density at radius 2 is 2.54 bits per heavy atom. The second kappa shape index (κ2) is 3.30. The lowest BCUT2D eigenvalue weighted by molar-refractivity contribution is 0.0878. The molecule has 2 rings (SSSR count). The lowest BCUT2D eigenvalue weighted by atomic mass is 9.95. The SMILES string of the molecule is CCn1cc(C(=O)C2CNC2)cn1. The van der Waals surface area contributed by atoms with E-state index in [0.717, 1.165) is 25.2 Å². The van der Waals surface area contributed by atoms with E-state index in [2.05, 4.69) is 10.4 Å². The van der Waals surface area contributed by atoms with Crippen LogP contribution in [0.25, 0.3) is 0 Å². The Morgan fingerprint density at radius 1 is 1.77 bits per heavy atom. The summed E-state index contributed by atoms with van der Waals surface area (Å²) < 4.78 is 1.78. The fourth-order valence-electron chi connectivity index (χ4n) is 1.37. The first kappa shape index (κ1) is 8.44. The van der Waals surface area contributed by atoms with E-state index in [4.69, 9.17) is 0 Å². The molecule has 2 heterocycles. The molecule has 1 fully saturated rings. The van der Waals surface area contributed by atoms with Crippen molar-refractivity contribution in [1.82, 2.24) is 15.1 Å². The third kappa shape index (κ3) is 1.49. The van der Waals surface area contributed by atoms with Crippen LogP contribution in [0.2, 0.25) is 0 Å². The molecular weight excluding hydrogens is 166 g/mol. The van der Waals surface area contributed by atoms with Gasteiger partial charge < -0.3 is 5.32 Å². The minimum atomic E-state index is 0.175. The van der Waals surface area contributed by atoms with Crippen molar-refractivity contribution < 1.29 is 4.79 Å². The number of nitrogens with zero attached hydrogens (tertiary/aromatic N) is 2. The zero-order chi connectivity index (χ0) is 9.26. The summed E-state index contributed by atoms with van der Waals surface area (Å²) in [6.45, 7) is 4.45. The van der Waals surface area contributed by atoms with E-state index in [-0.39, 0.29) is 11.7 Å². The summed E-state index contributed by atoms with van der Waals surface area (Å²) in [6, 6.07) is 0. The maximum atomic E-state index is 11.7. The lowest BCUT2D eigenvalue weighted by Crippen LogP contribution is -2.46. The van der Waals surface area contributed by atoms with Gasteiger partial charge >= 0.3 is 0 Å². The van der Waals surface area contributed by atoms with Gasteiger partial charge in [-0.3, -0.25) is 9.48 Å². The zero-order valence-corrected chi connectivity index (χ0v) is 7.66. The minimum Gasteiger partial charge on any atom is -0.315 e. The van der Waals surface area contributed by atoms with E-state index in [0.29, 0.717) is 0 Å². The third-order valence-electron chi connectivity index (χ3n) is 2.39. The van der Waals surface area contributed by atoms with Gasteiger partial charge in [-0.1, -0.05) is 0 Å². The molecule has 1 aromatic rings. The number of aryl methyl sites for hydroxylation is 1. The smallest absolute Gasteiger partial charge is 0.171 e. The van der Waals surface area contributed by atoms with Crippen molar-refractivity contribution in [3.8, 4) is 0 Å². The molecule has 0 atom stereocenters. The molecule has 0 spiro atoms. The number of hydrogen-bond donors (Lipinski definition) is 1. The number of rotatable bonds is 3. The van der Waals surface area contributed by atoms with Crippen LogP contribution in [0.5, 0.6) is 0 Å². The summed E-state index contributed by atoms with van der Waals surface area (Å²) in [5, 5.41) is 7.16. The Hall–Kier alpha value is -1.16.